The molecule has 30 heavy (non-hydrogen) atoms. The van der Waals surface area contributed by atoms with Crippen molar-refractivity contribution in [2.24, 2.45) is 12.0 Å². The number of nitrogens with one attached hydrogen (secondary N) is 1. The third-order valence-electron chi connectivity index (χ3n) is 5.62. The van der Waals surface area contributed by atoms with Crippen LogP contribution in [0.15, 0.2) is 47.6 Å². The van der Waals surface area contributed by atoms with Gasteiger partial charge in [0.05, 0.1) is 26.2 Å². The smallest absolute Gasteiger partial charge is 0.194 e. The molecule has 1 aliphatic heterocycles. The first kappa shape index (κ1) is 24.5. The SMILES string of the molecule is CCNC(=NCC(c1cccc(OC)c1)N1CCCC1)N(C)Cc1cccn1C.I. The number of ether oxygens (including phenoxy) is 1. The van der Waals surface area contributed by atoms with Crippen LogP contribution in [0.25, 0.3) is 0 Å². The average molecular weight is 525 g/mol. The van der Waals surface area contributed by atoms with Gasteiger partial charge in [-0.1, -0.05) is 12.1 Å². The molecule has 1 N–H and O–H groups in total. The monoisotopic (exact) mass is 525 g/mol. The summed E-state index contributed by atoms with van der Waals surface area (Å²) in [5, 5.41) is 3.46. The maximum atomic E-state index is 5.46. The van der Waals surface area contributed by atoms with Crippen LogP contribution < -0.4 is 10.1 Å². The van der Waals surface area contributed by atoms with Crippen LogP contribution in [0.1, 0.15) is 37.1 Å². The molecule has 1 saturated heterocycles. The molecule has 0 spiro atoms. The van der Waals surface area contributed by atoms with E-state index in [1.165, 1.54) is 24.1 Å². The summed E-state index contributed by atoms with van der Waals surface area (Å²) in [6.45, 7) is 6.78. The molecule has 0 radical (unpaired) electrons. The van der Waals surface area contributed by atoms with Crippen LogP contribution in [0.4, 0.5) is 0 Å². The van der Waals surface area contributed by atoms with Crippen molar-refractivity contribution in [3.63, 3.8) is 0 Å². The van der Waals surface area contributed by atoms with Crippen molar-refractivity contribution in [2.45, 2.75) is 32.4 Å². The maximum absolute atomic E-state index is 5.46. The molecule has 1 aromatic carbocycles. The van der Waals surface area contributed by atoms with Crippen molar-refractivity contribution in [1.29, 1.82) is 0 Å². The zero-order valence-corrected chi connectivity index (χ0v) is 21.0. The Morgan fingerprint density at radius 3 is 2.63 bits per heavy atom. The number of guanidine groups is 1. The fourth-order valence-corrected chi connectivity index (χ4v) is 3.96. The average Bonchev–Trinajstić information content (AvgIpc) is 3.40. The van der Waals surface area contributed by atoms with Gasteiger partial charge in [-0.15, -0.1) is 24.0 Å². The van der Waals surface area contributed by atoms with Crippen molar-refractivity contribution in [2.75, 3.05) is 40.3 Å². The largest absolute Gasteiger partial charge is 0.497 e. The molecule has 0 bridgehead atoms. The molecule has 1 aliphatic rings. The quantitative estimate of drug-likeness (QED) is 0.323. The van der Waals surface area contributed by atoms with Gasteiger partial charge in [0, 0.05) is 32.5 Å². The van der Waals surface area contributed by atoms with E-state index in [9.17, 15) is 0 Å². The fraction of sp³-hybridized carbons (Fsp3) is 0.522. The minimum absolute atomic E-state index is 0. The highest BCUT2D eigenvalue weighted by atomic mass is 127. The van der Waals surface area contributed by atoms with Gasteiger partial charge < -0.3 is 19.5 Å². The Hall–Kier alpha value is -1.74. The van der Waals surface area contributed by atoms with Crippen molar-refractivity contribution < 1.29 is 4.74 Å². The number of hydrogen-bond donors (Lipinski definition) is 1. The number of methoxy groups -OCH3 is 1. The van der Waals surface area contributed by atoms with Crippen LogP contribution in [-0.4, -0.2) is 60.7 Å². The van der Waals surface area contributed by atoms with Crippen molar-refractivity contribution in [3.8, 4) is 5.75 Å². The number of rotatable bonds is 8. The van der Waals surface area contributed by atoms with E-state index in [1.54, 1.807) is 7.11 Å². The van der Waals surface area contributed by atoms with E-state index in [0.29, 0.717) is 0 Å². The van der Waals surface area contributed by atoms with Gasteiger partial charge in [0.2, 0.25) is 0 Å². The number of hydrogen-bond acceptors (Lipinski definition) is 3. The van der Waals surface area contributed by atoms with Crippen LogP contribution in [0.2, 0.25) is 0 Å². The predicted molar refractivity (Wildman–Crippen MR) is 135 cm³/mol. The molecule has 0 saturated carbocycles. The van der Waals surface area contributed by atoms with Crippen molar-refractivity contribution in [1.82, 2.24) is 19.7 Å². The molecule has 1 aromatic heterocycles. The number of aryl methyl sites for hydroxylation is 1. The Morgan fingerprint density at radius 2 is 2.00 bits per heavy atom. The molecule has 7 heteroatoms. The lowest BCUT2D eigenvalue weighted by Crippen LogP contribution is -2.39. The lowest BCUT2D eigenvalue weighted by Gasteiger charge is -2.28. The Kier molecular flexibility index (Phi) is 9.97. The summed E-state index contributed by atoms with van der Waals surface area (Å²) in [5.41, 5.74) is 2.54. The van der Waals surface area contributed by atoms with Crippen molar-refractivity contribution in [3.05, 3.63) is 53.9 Å². The topological polar surface area (TPSA) is 45.0 Å². The Labute approximate surface area is 198 Å². The van der Waals surface area contributed by atoms with E-state index in [2.05, 4.69) is 77.2 Å². The van der Waals surface area contributed by atoms with Crippen molar-refractivity contribution >= 4 is 29.9 Å². The summed E-state index contributed by atoms with van der Waals surface area (Å²) < 4.78 is 7.62. The van der Waals surface area contributed by atoms with E-state index in [4.69, 9.17) is 9.73 Å². The predicted octanol–water partition coefficient (Wildman–Crippen LogP) is 3.89. The molecule has 1 unspecified atom stereocenters. The fourth-order valence-electron chi connectivity index (χ4n) is 3.96. The Balaban J connectivity index is 0.00000320. The van der Waals surface area contributed by atoms with E-state index >= 15 is 0 Å². The zero-order chi connectivity index (χ0) is 20.6. The van der Waals surface area contributed by atoms with Gasteiger partial charge >= 0.3 is 0 Å². The van der Waals surface area contributed by atoms with Gasteiger partial charge in [0.1, 0.15) is 5.75 Å². The number of likely N-dealkylation sites (tertiary alicyclic amines) is 1. The van der Waals surface area contributed by atoms with E-state index in [1.807, 2.05) is 6.07 Å². The summed E-state index contributed by atoms with van der Waals surface area (Å²) in [4.78, 5) is 9.79. The molecular formula is C23H36IN5O. The molecule has 3 rings (SSSR count). The molecule has 2 heterocycles. The number of halogens is 1. The normalized spacial score (nSPS) is 15.5. The number of aromatic nitrogens is 1. The Morgan fingerprint density at radius 1 is 1.23 bits per heavy atom. The first-order chi connectivity index (χ1) is 14.1. The summed E-state index contributed by atoms with van der Waals surface area (Å²) in [7, 11) is 5.91. The highest BCUT2D eigenvalue weighted by Crippen LogP contribution is 2.28. The summed E-state index contributed by atoms with van der Waals surface area (Å²) in [6, 6.07) is 12.9. The zero-order valence-electron chi connectivity index (χ0n) is 18.7. The lowest BCUT2D eigenvalue weighted by atomic mass is 10.1. The van der Waals surface area contributed by atoms with Gasteiger partial charge in [-0.3, -0.25) is 9.89 Å². The van der Waals surface area contributed by atoms with Crippen LogP contribution in [0, 0.1) is 0 Å². The van der Waals surface area contributed by atoms with Gasteiger partial charge in [-0.05, 0) is 62.7 Å². The Bertz CT molecular complexity index is 800. The van der Waals surface area contributed by atoms with E-state index < -0.39 is 0 Å². The molecule has 6 nitrogen and oxygen atoms in total. The lowest BCUT2D eigenvalue weighted by molar-refractivity contribution is 0.250. The second kappa shape index (κ2) is 12.2. The maximum Gasteiger partial charge on any atom is 0.194 e. The van der Waals surface area contributed by atoms with Crippen LogP contribution in [0.3, 0.4) is 0 Å². The van der Waals surface area contributed by atoms with Crippen LogP contribution in [-0.2, 0) is 13.6 Å². The summed E-state index contributed by atoms with van der Waals surface area (Å²) in [6.07, 6.45) is 4.61. The summed E-state index contributed by atoms with van der Waals surface area (Å²) in [5.74, 6) is 1.85. The molecular weight excluding hydrogens is 489 g/mol. The third-order valence-corrected chi connectivity index (χ3v) is 5.62. The minimum atomic E-state index is 0. The van der Waals surface area contributed by atoms with Gasteiger partial charge in [-0.2, -0.15) is 0 Å². The molecule has 166 valence electrons. The molecule has 2 aromatic rings. The molecule has 1 atom stereocenters. The second-order valence-electron chi connectivity index (χ2n) is 7.70. The summed E-state index contributed by atoms with van der Waals surface area (Å²) >= 11 is 0. The standard InChI is InChI=1S/C23H35N5O.HI/c1-5-24-23(27(3)18-20-11-9-13-26(20)2)25-17-22(28-14-6-7-15-28)19-10-8-12-21(16-19)29-4;/h8-13,16,22H,5-7,14-15,17-18H2,1-4H3,(H,24,25);1H. The van der Waals surface area contributed by atoms with E-state index in [0.717, 1.165) is 44.4 Å². The first-order valence-corrected chi connectivity index (χ1v) is 10.6. The number of aliphatic imine (C=N–C) groups is 1. The number of nitrogens with zero attached hydrogens (tertiary/aromatic N) is 4. The van der Waals surface area contributed by atoms with Crippen LogP contribution in [0.5, 0.6) is 5.75 Å². The van der Waals surface area contributed by atoms with Gasteiger partial charge in [-0.25, -0.2) is 0 Å². The van der Waals surface area contributed by atoms with E-state index in [-0.39, 0.29) is 30.0 Å². The molecule has 0 aliphatic carbocycles. The number of benzene rings is 1. The first-order valence-electron chi connectivity index (χ1n) is 10.6. The second-order valence-corrected chi connectivity index (χ2v) is 7.70. The van der Waals surface area contributed by atoms with Gasteiger partial charge in [0.25, 0.3) is 0 Å². The highest BCUT2D eigenvalue weighted by molar-refractivity contribution is 14.0. The van der Waals surface area contributed by atoms with Crippen LogP contribution >= 0.6 is 24.0 Å². The van der Waals surface area contributed by atoms with Gasteiger partial charge in [0.15, 0.2) is 5.96 Å². The molecule has 0 amide bonds. The molecule has 1 fully saturated rings. The minimum Gasteiger partial charge on any atom is -0.497 e. The highest BCUT2D eigenvalue weighted by Gasteiger charge is 2.24. The third kappa shape index (κ3) is 6.38.